The Labute approximate surface area is 206 Å². The highest BCUT2D eigenvalue weighted by molar-refractivity contribution is 5.94. The molecule has 0 aromatic carbocycles. The molecule has 7 rings (SSSR count). The summed E-state index contributed by atoms with van der Waals surface area (Å²) in [6.07, 6.45) is 14.9. The molecule has 1 aliphatic carbocycles. The maximum Gasteiger partial charge on any atom is 0.178 e. The van der Waals surface area contributed by atoms with Crippen molar-refractivity contribution in [1.82, 2.24) is 35.1 Å². The standard InChI is InChI=1S/C27H23N7O2/c1-2-4-18(5-3-1)36-19-12-17(13-28-14-19)21-6-7-22-24(30-21)25(34-33-22)27-31-23-20(16-9-11-35-15-16)8-10-29-26(23)32-27/h6-15,18H,1-5H2,(H,33,34)(H,29,31,32). The summed E-state index contributed by atoms with van der Waals surface area (Å²) in [5.74, 6) is 1.38. The monoisotopic (exact) mass is 477 g/mol. The lowest BCUT2D eigenvalue weighted by Crippen LogP contribution is -2.19. The van der Waals surface area contributed by atoms with Crippen LogP contribution in [0.3, 0.4) is 0 Å². The van der Waals surface area contributed by atoms with Crippen LogP contribution in [0.1, 0.15) is 32.1 Å². The lowest BCUT2D eigenvalue weighted by Gasteiger charge is -2.22. The summed E-state index contributed by atoms with van der Waals surface area (Å²) in [7, 11) is 0. The number of nitrogens with one attached hydrogen (secondary N) is 2. The van der Waals surface area contributed by atoms with Gasteiger partial charge in [0.1, 0.15) is 11.3 Å². The second-order valence-corrected chi connectivity index (χ2v) is 9.11. The minimum Gasteiger partial charge on any atom is -0.489 e. The molecule has 6 aromatic rings. The highest BCUT2D eigenvalue weighted by Gasteiger charge is 2.19. The molecule has 1 fully saturated rings. The van der Waals surface area contributed by atoms with E-state index < -0.39 is 0 Å². The number of hydrogen-bond donors (Lipinski definition) is 2. The van der Waals surface area contributed by atoms with Crippen LogP contribution in [-0.4, -0.2) is 41.2 Å². The summed E-state index contributed by atoms with van der Waals surface area (Å²) >= 11 is 0. The van der Waals surface area contributed by atoms with Crippen LogP contribution < -0.4 is 4.74 Å². The Morgan fingerprint density at radius 3 is 2.81 bits per heavy atom. The average molecular weight is 478 g/mol. The van der Waals surface area contributed by atoms with E-state index in [9.17, 15) is 0 Å². The lowest BCUT2D eigenvalue weighted by atomic mass is 9.98. The fourth-order valence-electron chi connectivity index (χ4n) is 4.91. The van der Waals surface area contributed by atoms with Crippen molar-refractivity contribution < 1.29 is 9.15 Å². The molecule has 0 radical (unpaired) electrons. The van der Waals surface area contributed by atoms with Gasteiger partial charge in [-0.1, -0.05) is 6.42 Å². The van der Waals surface area contributed by atoms with Crippen LogP contribution in [0.5, 0.6) is 5.75 Å². The smallest absolute Gasteiger partial charge is 0.178 e. The topological polar surface area (TPSA) is 118 Å². The number of H-pyrrole nitrogens is 2. The van der Waals surface area contributed by atoms with Crippen LogP contribution in [0.15, 0.2) is 65.9 Å². The average Bonchev–Trinajstić information content (AvgIpc) is 3.68. The van der Waals surface area contributed by atoms with Gasteiger partial charge in [-0.2, -0.15) is 5.10 Å². The van der Waals surface area contributed by atoms with Crippen molar-refractivity contribution in [3.8, 4) is 39.7 Å². The summed E-state index contributed by atoms with van der Waals surface area (Å²) < 4.78 is 11.5. The molecule has 9 nitrogen and oxygen atoms in total. The van der Waals surface area contributed by atoms with E-state index in [1.807, 2.05) is 36.5 Å². The van der Waals surface area contributed by atoms with Crippen molar-refractivity contribution in [3.05, 3.63) is 61.4 Å². The molecule has 0 atom stereocenters. The molecule has 0 unspecified atom stereocenters. The second kappa shape index (κ2) is 8.60. The fraction of sp³-hybridized carbons (Fsp3) is 0.222. The fourth-order valence-corrected chi connectivity index (χ4v) is 4.91. The van der Waals surface area contributed by atoms with Crippen LogP contribution >= 0.6 is 0 Å². The highest BCUT2D eigenvalue weighted by atomic mass is 16.5. The molecule has 36 heavy (non-hydrogen) atoms. The zero-order valence-corrected chi connectivity index (χ0v) is 19.4. The van der Waals surface area contributed by atoms with Gasteiger partial charge in [-0.3, -0.25) is 10.1 Å². The molecule has 9 heteroatoms. The lowest BCUT2D eigenvalue weighted by molar-refractivity contribution is 0.154. The Hall–Kier alpha value is -4.53. The van der Waals surface area contributed by atoms with Crippen LogP contribution in [0, 0.1) is 0 Å². The summed E-state index contributed by atoms with van der Waals surface area (Å²) in [5.41, 5.74) is 7.19. The summed E-state index contributed by atoms with van der Waals surface area (Å²) in [6, 6.07) is 9.79. The minimum atomic E-state index is 0.264. The Kier molecular flexibility index (Phi) is 4.97. The zero-order chi connectivity index (χ0) is 23.9. The number of furan rings is 1. The first-order valence-electron chi connectivity index (χ1n) is 12.2. The number of ether oxygens (including phenoxy) is 1. The Balaban J connectivity index is 1.26. The molecule has 0 saturated heterocycles. The molecule has 1 saturated carbocycles. The Bertz CT molecular complexity index is 1660. The third-order valence-corrected chi connectivity index (χ3v) is 6.72. The quantitative estimate of drug-likeness (QED) is 0.316. The first kappa shape index (κ1) is 20.8. The van der Waals surface area contributed by atoms with Crippen molar-refractivity contribution >= 4 is 22.2 Å². The first-order valence-corrected chi connectivity index (χ1v) is 12.2. The van der Waals surface area contributed by atoms with Gasteiger partial charge in [-0.25, -0.2) is 15.0 Å². The predicted octanol–water partition coefficient (Wildman–Crippen LogP) is 5.93. The molecule has 0 amide bonds. The van der Waals surface area contributed by atoms with Gasteiger partial charge in [-0.05, 0) is 56.0 Å². The van der Waals surface area contributed by atoms with Crippen LogP contribution in [0.2, 0.25) is 0 Å². The number of hydrogen-bond acceptors (Lipinski definition) is 7. The normalized spacial score (nSPS) is 14.6. The third kappa shape index (κ3) is 3.69. The van der Waals surface area contributed by atoms with Crippen LogP contribution in [0.25, 0.3) is 56.1 Å². The Morgan fingerprint density at radius 1 is 0.972 bits per heavy atom. The summed E-state index contributed by atoms with van der Waals surface area (Å²) in [5, 5.41) is 7.58. The van der Waals surface area contributed by atoms with Crippen molar-refractivity contribution in [1.29, 1.82) is 0 Å². The zero-order valence-electron chi connectivity index (χ0n) is 19.4. The number of pyridine rings is 3. The molecule has 178 valence electrons. The number of fused-ring (bicyclic) bond motifs is 2. The molecule has 0 aliphatic heterocycles. The van der Waals surface area contributed by atoms with Gasteiger partial charge in [0, 0.05) is 29.1 Å². The summed E-state index contributed by atoms with van der Waals surface area (Å²) in [6.45, 7) is 0. The van der Waals surface area contributed by atoms with Crippen molar-refractivity contribution in [2.75, 3.05) is 0 Å². The minimum absolute atomic E-state index is 0.264. The maximum absolute atomic E-state index is 6.22. The van der Waals surface area contributed by atoms with Gasteiger partial charge in [-0.15, -0.1) is 0 Å². The van der Waals surface area contributed by atoms with Crippen LogP contribution in [0.4, 0.5) is 0 Å². The Morgan fingerprint density at radius 2 is 1.92 bits per heavy atom. The predicted molar refractivity (Wildman–Crippen MR) is 135 cm³/mol. The maximum atomic E-state index is 6.22. The molecule has 6 aromatic heterocycles. The van der Waals surface area contributed by atoms with Gasteiger partial charge >= 0.3 is 0 Å². The molecule has 6 heterocycles. The number of aromatic amines is 2. The van der Waals surface area contributed by atoms with E-state index in [1.165, 1.54) is 19.3 Å². The third-order valence-electron chi connectivity index (χ3n) is 6.72. The van der Waals surface area contributed by atoms with Crippen molar-refractivity contribution in [2.24, 2.45) is 0 Å². The van der Waals surface area contributed by atoms with Crippen molar-refractivity contribution in [2.45, 2.75) is 38.2 Å². The molecule has 0 bridgehead atoms. The number of rotatable bonds is 5. The SMILES string of the molecule is c1cc(-c2ccoc2)c2[nH]c(-c3n[nH]c4ccc(-c5cncc(OC6CCCCC6)c5)nc34)nc2n1. The molecular formula is C27H23N7O2. The molecule has 0 spiro atoms. The van der Waals surface area contributed by atoms with E-state index in [1.54, 1.807) is 24.9 Å². The van der Waals surface area contributed by atoms with E-state index in [4.69, 9.17) is 19.1 Å². The number of imidazole rings is 1. The summed E-state index contributed by atoms with van der Waals surface area (Å²) in [4.78, 5) is 21.9. The van der Waals surface area contributed by atoms with E-state index in [2.05, 4.69) is 25.1 Å². The molecular weight excluding hydrogens is 454 g/mol. The van der Waals surface area contributed by atoms with E-state index in [0.717, 1.165) is 57.5 Å². The second-order valence-electron chi connectivity index (χ2n) is 9.11. The van der Waals surface area contributed by atoms with Crippen molar-refractivity contribution in [3.63, 3.8) is 0 Å². The largest absolute Gasteiger partial charge is 0.489 e. The highest BCUT2D eigenvalue weighted by Crippen LogP contribution is 2.32. The van der Waals surface area contributed by atoms with Gasteiger partial charge < -0.3 is 14.1 Å². The van der Waals surface area contributed by atoms with Gasteiger partial charge in [0.15, 0.2) is 17.2 Å². The number of nitrogens with zero attached hydrogens (tertiary/aromatic N) is 5. The van der Waals surface area contributed by atoms with Gasteiger partial charge in [0.05, 0.1) is 41.6 Å². The first-order chi connectivity index (χ1) is 17.8. The van der Waals surface area contributed by atoms with E-state index in [0.29, 0.717) is 17.2 Å². The van der Waals surface area contributed by atoms with Gasteiger partial charge in [0.2, 0.25) is 0 Å². The van der Waals surface area contributed by atoms with Crippen LogP contribution in [-0.2, 0) is 0 Å². The van der Waals surface area contributed by atoms with E-state index in [-0.39, 0.29) is 6.10 Å². The number of aromatic nitrogens is 7. The van der Waals surface area contributed by atoms with E-state index >= 15 is 0 Å². The van der Waals surface area contributed by atoms with Gasteiger partial charge in [0.25, 0.3) is 0 Å². The molecule has 2 N–H and O–H groups in total. The molecule has 1 aliphatic rings.